The molecule has 1 aromatic rings. The molecule has 0 heterocycles. The van der Waals surface area contributed by atoms with E-state index in [0.29, 0.717) is 5.02 Å². The van der Waals surface area contributed by atoms with Crippen LogP contribution < -0.4 is 10.5 Å². The lowest BCUT2D eigenvalue weighted by molar-refractivity contribution is 0.406. The predicted molar refractivity (Wildman–Crippen MR) is 90.5 cm³/mol. The molecule has 0 fully saturated rings. The second kappa shape index (κ2) is 8.11. The molecule has 116 valence electrons. The Balaban J connectivity index is 0.00000361. The zero-order valence-corrected chi connectivity index (χ0v) is 14.7. The van der Waals surface area contributed by atoms with Crippen LogP contribution in [0, 0.1) is 0 Å². The first-order valence-electron chi connectivity index (χ1n) is 6.98. The van der Waals surface area contributed by atoms with Gasteiger partial charge in [0.15, 0.2) is 0 Å². The molecule has 0 saturated carbocycles. The second-order valence-corrected chi connectivity index (χ2v) is 6.17. The highest BCUT2D eigenvalue weighted by Crippen LogP contribution is 2.36. The zero-order chi connectivity index (χ0) is 14.6. The molecule has 1 rings (SSSR count). The van der Waals surface area contributed by atoms with Crippen LogP contribution in [-0.4, -0.2) is 13.2 Å². The summed E-state index contributed by atoms with van der Waals surface area (Å²) in [6, 6.07) is 4.36. The summed E-state index contributed by atoms with van der Waals surface area (Å²) in [5.41, 5.74) is 8.54. The third-order valence-corrected chi connectivity index (χ3v) is 4.28. The molecule has 2 N–H and O–H groups in total. The molecule has 0 aromatic heterocycles. The predicted octanol–water partition coefficient (Wildman–Crippen LogP) is 4.74. The normalized spacial score (nSPS) is 12.8. The van der Waals surface area contributed by atoms with Gasteiger partial charge in [-0.1, -0.05) is 45.4 Å². The first kappa shape index (κ1) is 19.6. The molecule has 0 aliphatic carbocycles. The number of hydrogen-bond donors (Lipinski definition) is 1. The summed E-state index contributed by atoms with van der Waals surface area (Å²) in [5, 5.41) is 0.680. The van der Waals surface area contributed by atoms with Gasteiger partial charge in [-0.25, -0.2) is 0 Å². The Morgan fingerprint density at radius 3 is 2.35 bits per heavy atom. The van der Waals surface area contributed by atoms with E-state index in [1.54, 1.807) is 7.11 Å². The van der Waals surface area contributed by atoms with Crippen molar-refractivity contribution >= 4 is 24.0 Å². The van der Waals surface area contributed by atoms with E-state index >= 15 is 0 Å². The molecule has 0 amide bonds. The van der Waals surface area contributed by atoms with Gasteiger partial charge in [-0.3, -0.25) is 0 Å². The van der Waals surface area contributed by atoms with Crippen LogP contribution in [0.2, 0.25) is 5.02 Å². The Labute approximate surface area is 134 Å². The maximum atomic E-state index is 6.36. The maximum absolute atomic E-state index is 6.36. The van der Waals surface area contributed by atoms with Gasteiger partial charge in [0.2, 0.25) is 0 Å². The Hall–Kier alpha value is -0.440. The molecule has 1 atom stereocenters. The molecule has 2 nitrogen and oxygen atoms in total. The van der Waals surface area contributed by atoms with Crippen LogP contribution >= 0.6 is 24.0 Å². The van der Waals surface area contributed by atoms with Gasteiger partial charge in [0, 0.05) is 6.04 Å². The fourth-order valence-corrected chi connectivity index (χ4v) is 2.37. The average Bonchev–Trinajstić information content (AvgIpc) is 2.38. The highest BCUT2D eigenvalue weighted by Gasteiger charge is 2.22. The summed E-state index contributed by atoms with van der Waals surface area (Å²) in [6.45, 7) is 8.75. The minimum absolute atomic E-state index is 0. The minimum Gasteiger partial charge on any atom is -0.495 e. The molecule has 0 saturated heterocycles. The third-order valence-electron chi connectivity index (χ3n) is 4.00. The first-order valence-corrected chi connectivity index (χ1v) is 7.36. The summed E-state index contributed by atoms with van der Waals surface area (Å²) in [6.07, 6.45) is 2.81. The Morgan fingerprint density at radius 1 is 1.30 bits per heavy atom. The van der Waals surface area contributed by atoms with E-state index < -0.39 is 0 Å². The highest BCUT2D eigenvalue weighted by atomic mass is 35.5. The van der Waals surface area contributed by atoms with Crippen LogP contribution in [0.25, 0.3) is 0 Å². The van der Waals surface area contributed by atoms with Crippen LogP contribution in [0.5, 0.6) is 5.75 Å². The number of rotatable bonds is 6. The monoisotopic (exact) mass is 319 g/mol. The van der Waals surface area contributed by atoms with Crippen molar-refractivity contribution in [2.24, 2.45) is 5.73 Å². The second-order valence-electron chi connectivity index (χ2n) is 5.76. The lowest BCUT2D eigenvalue weighted by Gasteiger charge is -2.26. The van der Waals surface area contributed by atoms with Gasteiger partial charge in [-0.15, -0.1) is 12.4 Å². The summed E-state index contributed by atoms with van der Waals surface area (Å²) in [4.78, 5) is 0. The average molecular weight is 320 g/mol. The topological polar surface area (TPSA) is 35.2 Å². The van der Waals surface area contributed by atoms with E-state index in [-0.39, 0.29) is 23.9 Å². The summed E-state index contributed by atoms with van der Waals surface area (Å²) in [5.74, 6) is 0.765. The Kier molecular flexibility index (Phi) is 7.93. The third kappa shape index (κ3) is 4.54. The number of ether oxygens (including phenoxy) is 1. The lowest BCUT2D eigenvalue weighted by Crippen LogP contribution is -2.23. The molecule has 0 bridgehead atoms. The minimum atomic E-state index is 0. The summed E-state index contributed by atoms with van der Waals surface area (Å²) >= 11 is 6.36. The molecule has 0 aliphatic rings. The number of halogens is 2. The smallest absolute Gasteiger partial charge is 0.140 e. The van der Waals surface area contributed by atoms with E-state index in [1.165, 1.54) is 5.56 Å². The molecule has 20 heavy (non-hydrogen) atoms. The SMILES string of the molecule is CCC(N)Cc1cc(C(C)(C)CC)cc(Cl)c1OC.Cl. The van der Waals surface area contributed by atoms with Crippen LogP contribution in [0.15, 0.2) is 12.1 Å². The zero-order valence-electron chi connectivity index (χ0n) is 13.1. The van der Waals surface area contributed by atoms with Gasteiger partial charge in [0.05, 0.1) is 12.1 Å². The summed E-state index contributed by atoms with van der Waals surface area (Å²) in [7, 11) is 1.66. The van der Waals surface area contributed by atoms with Crippen molar-refractivity contribution in [3.05, 3.63) is 28.3 Å². The van der Waals surface area contributed by atoms with Crippen LogP contribution in [-0.2, 0) is 11.8 Å². The van der Waals surface area contributed by atoms with Gasteiger partial charge in [0.25, 0.3) is 0 Å². The van der Waals surface area contributed by atoms with Crippen molar-refractivity contribution in [3.63, 3.8) is 0 Å². The van der Waals surface area contributed by atoms with E-state index in [4.69, 9.17) is 22.1 Å². The van der Waals surface area contributed by atoms with Gasteiger partial charge >= 0.3 is 0 Å². The molecule has 1 unspecified atom stereocenters. The van der Waals surface area contributed by atoms with E-state index in [0.717, 1.165) is 30.6 Å². The lowest BCUT2D eigenvalue weighted by atomic mass is 9.81. The van der Waals surface area contributed by atoms with Crippen LogP contribution in [0.3, 0.4) is 0 Å². The molecule has 1 aromatic carbocycles. The Bertz CT molecular complexity index is 433. The highest BCUT2D eigenvalue weighted by molar-refractivity contribution is 6.32. The van der Waals surface area contributed by atoms with Gasteiger partial charge in [-0.05, 0) is 41.9 Å². The van der Waals surface area contributed by atoms with Crippen molar-refractivity contribution in [1.82, 2.24) is 0 Å². The molecule has 0 radical (unpaired) electrons. The van der Waals surface area contributed by atoms with E-state index in [1.807, 2.05) is 6.07 Å². The summed E-state index contributed by atoms with van der Waals surface area (Å²) < 4.78 is 5.44. The molecular formula is C16H27Cl2NO. The maximum Gasteiger partial charge on any atom is 0.140 e. The van der Waals surface area contributed by atoms with Crippen molar-refractivity contribution < 1.29 is 4.74 Å². The van der Waals surface area contributed by atoms with Crippen molar-refractivity contribution in [3.8, 4) is 5.75 Å². The largest absolute Gasteiger partial charge is 0.495 e. The number of benzene rings is 1. The van der Waals surface area contributed by atoms with Gasteiger partial charge in [-0.2, -0.15) is 0 Å². The van der Waals surface area contributed by atoms with Crippen molar-refractivity contribution in [1.29, 1.82) is 0 Å². The standard InChI is InChI=1S/C16H26ClNO.ClH/c1-6-13(18)9-11-8-12(16(3,4)7-2)10-14(17)15(11)19-5;/h8,10,13H,6-7,9,18H2,1-5H3;1H. The fourth-order valence-electron chi connectivity index (χ4n) is 2.05. The quantitative estimate of drug-likeness (QED) is 0.822. The molecular weight excluding hydrogens is 293 g/mol. The fraction of sp³-hybridized carbons (Fsp3) is 0.625. The van der Waals surface area contributed by atoms with Crippen molar-refractivity contribution in [2.75, 3.05) is 7.11 Å². The number of hydrogen-bond acceptors (Lipinski definition) is 2. The van der Waals surface area contributed by atoms with Crippen molar-refractivity contribution in [2.45, 2.75) is 58.4 Å². The molecule has 4 heteroatoms. The van der Waals surface area contributed by atoms with E-state index in [2.05, 4.69) is 33.8 Å². The van der Waals surface area contributed by atoms with Crippen LogP contribution in [0.1, 0.15) is 51.7 Å². The van der Waals surface area contributed by atoms with Gasteiger partial charge in [0.1, 0.15) is 5.75 Å². The Morgan fingerprint density at radius 2 is 1.90 bits per heavy atom. The van der Waals surface area contributed by atoms with Crippen LogP contribution in [0.4, 0.5) is 0 Å². The number of methoxy groups -OCH3 is 1. The molecule has 0 aliphatic heterocycles. The van der Waals surface area contributed by atoms with E-state index in [9.17, 15) is 0 Å². The first-order chi connectivity index (χ1) is 8.85. The van der Waals surface area contributed by atoms with Gasteiger partial charge < -0.3 is 10.5 Å². The number of nitrogens with two attached hydrogens (primary N) is 1. The molecule has 0 spiro atoms.